The number of fused-ring (bicyclic) bond motifs is 2. The first-order valence-corrected chi connectivity index (χ1v) is 28.9. The second kappa shape index (κ2) is 22.8. The van der Waals surface area contributed by atoms with Gasteiger partial charge in [-0.05, 0) is 117 Å². The zero-order valence-electron chi connectivity index (χ0n) is 33.9. The third-order valence-electron chi connectivity index (χ3n) is 12.1. The summed E-state index contributed by atoms with van der Waals surface area (Å²) in [4.78, 5) is 0. The molecule has 8 rings (SSSR count). The van der Waals surface area contributed by atoms with Crippen molar-refractivity contribution < 1.29 is 9.05 Å². The van der Waals surface area contributed by atoms with Gasteiger partial charge < -0.3 is 9.05 Å². The molecule has 306 valence electrons. The highest BCUT2D eigenvalue weighted by atomic mass is 32.5. The maximum absolute atomic E-state index is 6.72. The highest BCUT2D eigenvalue weighted by Gasteiger charge is 2.48. The quantitative estimate of drug-likeness (QED) is 0.0406. The SMILES string of the molecule is CCCCCCC1SC1CCCCCCCc1cccc(OP(=S)(Oc2cccc(CCCCCCCC3SC(CC4CS4)C4CC3S4)c2)c2ccccc2)c1. The Bertz CT molecular complexity index is 1650. The third kappa shape index (κ3) is 13.9. The molecule has 3 aromatic carbocycles. The van der Waals surface area contributed by atoms with Crippen molar-refractivity contribution in [2.24, 2.45) is 0 Å². The fourth-order valence-electron chi connectivity index (χ4n) is 8.64. The summed E-state index contributed by atoms with van der Waals surface area (Å²) in [6.45, 7) is -0.552. The van der Waals surface area contributed by atoms with E-state index in [0.29, 0.717) is 0 Å². The first-order chi connectivity index (χ1) is 27.5. The number of thioether (sulfide) groups is 4. The molecule has 5 aliphatic rings. The van der Waals surface area contributed by atoms with Crippen LogP contribution in [0.1, 0.15) is 140 Å². The predicted molar refractivity (Wildman–Crippen MR) is 257 cm³/mol. The molecule has 0 saturated carbocycles. The van der Waals surface area contributed by atoms with Crippen LogP contribution in [0.4, 0.5) is 0 Å². The fraction of sp³-hybridized carbons (Fsp3) is 0.625. The lowest BCUT2D eigenvalue weighted by molar-refractivity contribution is 0.497. The molecule has 0 aliphatic carbocycles. The highest BCUT2D eigenvalue weighted by molar-refractivity contribution is 8.13. The molecule has 5 saturated heterocycles. The van der Waals surface area contributed by atoms with Crippen LogP contribution >= 0.6 is 53.5 Å². The van der Waals surface area contributed by atoms with Crippen LogP contribution in [-0.4, -0.2) is 42.5 Å². The molecule has 0 N–H and O–H groups in total. The lowest BCUT2D eigenvalue weighted by Gasteiger charge is -2.50. The van der Waals surface area contributed by atoms with Gasteiger partial charge in [0.05, 0.1) is 5.30 Å². The van der Waals surface area contributed by atoms with Crippen molar-refractivity contribution in [3.05, 3.63) is 90.0 Å². The van der Waals surface area contributed by atoms with Crippen LogP contribution in [0, 0.1) is 0 Å². The van der Waals surface area contributed by atoms with Gasteiger partial charge in [-0.25, -0.2) is 0 Å². The summed E-state index contributed by atoms with van der Waals surface area (Å²) in [7, 11) is 0. The van der Waals surface area contributed by atoms with E-state index in [1.54, 1.807) is 0 Å². The summed E-state index contributed by atoms with van der Waals surface area (Å²) < 4.78 is 13.4. The van der Waals surface area contributed by atoms with Gasteiger partial charge in [-0.2, -0.15) is 47.0 Å². The fourth-order valence-corrected chi connectivity index (χ4v) is 16.8. The zero-order valence-corrected chi connectivity index (χ0v) is 38.9. The first kappa shape index (κ1) is 43.4. The summed E-state index contributed by atoms with van der Waals surface area (Å²) in [5.74, 6) is 3.05. The smallest absolute Gasteiger partial charge is 0.319 e. The van der Waals surface area contributed by atoms with Gasteiger partial charge in [0, 0.05) is 42.5 Å². The van der Waals surface area contributed by atoms with Gasteiger partial charge in [0.2, 0.25) is 0 Å². The van der Waals surface area contributed by atoms with Crippen molar-refractivity contribution in [3.8, 4) is 11.5 Å². The lowest BCUT2D eigenvalue weighted by Crippen LogP contribution is -2.47. The van der Waals surface area contributed by atoms with E-state index in [0.717, 1.165) is 66.4 Å². The zero-order chi connectivity index (χ0) is 38.4. The van der Waals surface area contributed by atoms with Crippen molar-refractivity contribution in [2.75, 3.05) is 5.75 Å². The minimum absolute atomic E-state index is 0.812. The maximum atomic E-state index is 6.72. The van der Waals surface area contributed by atoms with Crippen LogP contribution in [0.3, 0.4) is 0 Å². The molecule has 0 amide bonds. The van der Waals surface area contributed by atoms with Crippen LogP contribution in [0.5, 0.6) is 11.5 Å². The molecule has 0 radical (unpaired) electrons. The van der Waals surface area contributed by atoms with Crippen molar-refractivity contribution >= 4 is 70.7 Å². The minimum Gasteiger partial charge on any atom is -0.432 e. The summed E-state index contributed by atoms with van der Waals surface area (Å²) in [6.07, 6.45) is 28.4. The molecule has 5 aliphatic heterocycles. The number of hydrogen-bond donors (Lipinski definition) is 0. The van der Waals surface area contributed by atoms with E-state index in [1.165, 1.54) is 139 Å². The average molecular weight is 867 g/mol. The summed E-state index contributed by atoms with van der Waals surface area (Å²) >= 11 is 15.5. The number of aryl methyl sites for hydroxylation is 2. The van der Waals surface area contributed by atoms with E-state index < -0.39 is 6.49 Å². The molecule has 3 aromatic rings. The van der Waals surface area contributed by atoms with Gasteiger partial charge in [0.1, 0.15) is 11.5 Å². The van der Waals surface area contributed by atoms with Gasteiger partial charge in [0.15, 0.2) is 0 Å². The monoisotopic (exact) mass is 866 g/mol. The second-order valence-electron chi connectivity index (χ2n) is 16.8. The molecular formula is C48H67O2PS5. The minimum atomic E-state index is -2.86. The van der Waals surface area contributed by atoms with Crippen molar-refractivity contribution in [3.63, 3.8) is 0 Å². The van der Waals surface area contributed by atoms with E-state index in [9.17, 15) is 0 Å². The molecule has 2 bridgehead atoms. The summed E-state index contributed by atoms with van der Waals surface area (Å²) in [6, 6.07) is 27.4. The van der Waals surface area contributed by atoms with Crippen molar-refractivity contribution in [1.29, 1.82) is 0 Å². The predicted octanol–water partition coefficient (Wildman–Crippen LogP) is 14.9. The van der Waals surface area contributed by atoms with E-state index in [2.05, 4.69) is 103 Å². The van der Waals surface area contributed by atoms with Crippen LogP contribution < -0.4 is 14.4 Å². The molecule has 8 unspecified atom stereocenters. The normalized spacial score (nSPS) is 25.9. The molecule has 5 heterocycles. The van der Waals surface area contributed by atoms with Crippen molar-refractivity contribution in [2.45, 2.75) is 179 Å². The summed E-state index contributed by atoms with van der Waals surface area (Å²) in [5, 5.41) is 7.69. The molecule has 0 aromatic heterocycles. The number of benzene rings is 3. The van der Waals surface area contributed by atoms with Crippen LogP contribution in [0.15, 0.2) is 78.9 Å². The highest BCUT2D eigenvalue weighted by Crippen LogP contribution is 2.57. The summed E-state index contributed by atoms with van der Waals surface area (Å²) in [5.41, 5.74) is 2.64. The topological polar surface area (TPSA) is 18.5 Å². The maximum Gasteiger partial charge on any atom is 0.319 e. The Morgan fingerprint density at radius 1 is 0.571 bits per heavy atom. The van der Waals surface area contributed by atoms with Crippen LogP contribution in [-0.2, 0) is 24.6 Å². The van der Waals surface area contributed by atoms with E-state index in [-0.39, 0.29) is 0 Å². The molecule has 8 atom stereocenters. The van der Waals surface area contributed by atoms with Gasteiger partial charge in [-0.1, -0.05) is 126 Å². The van der Waals surface area contributed by atoms with Crippen molar-refractivity contribution in [1.82, 2.24) is 0 Å². The van der Waals surface area contributed by atoms with Crippen LogP contribution in [0.2, 0.25) is 0 Å². The molecular weight excluding hydrogens is 800 g/mol. The Labute approximate surface area is 362 Å². The molecule has 2 nitrogen and oxygen atoms in total. The Hall–Kier alpha value is -0.690. The number of rotatable bonds is 28. The lowest BCUT2D eigenvalue weighted by atomic mass is 10.0. The van der Waals surface area contributed by atoms with E-state index >= 15 is 0 Å². The number of hydrogen-bond acceptors (Lipinski definition) is 7. The number of unbranched alkanes of at least 4 members (excludes halogenated alkanes) is 11. The third-order valence-corrected chi connectivity index (χ3v) is 21.4. The molecule has 0 spiro atoms. The van der Waals surface area contributed by atoms with Gasteiger partial charge in [-0.15, -0.1) is 0 Å². The Morgan fingerprint density at radius 3 is 1.64 bits per heavy atom. The largest absolute Gasteiger partial charge is 0.432 e. The molecule has 5 fully saturated rings. The van der Waals surface area contributed by atoms with Crippen LogP contribution in [0.25, 0.3) is 0 Å². The second-order valence-corrected chi connectivity index (χ2v) is 25.9. The van der Waals surface area contributed by atoms with Gasteiger partial charge in [-0.3, -0.25) is 0 Å². The Kier molecular flexibility index (Phi) is 17.7. The first-order valence-electron chi connectivity index (χ1n) is 22.4. The molecule has 56 heavy (non-hydrogen) atoms. The standard InChI is InChI=1S/C48H67O2PS5/c1-2-3-4-16-29-43-44(54-43)30-17-9-5-7-12-21-37-23-19-25-39(32-37)49-51(52,41-27-14-11-15-28-41)50-40-26-20-24-38(33-40)22-13-8-6-10-18-31-45-47-35-48(56-47)46(55-45)34-42-36-53-42/h11,14-15,19-20,23-28,32-33,42-48H,2-10,12-13,16-18,21-22,29-31,34-36H2,1H3. The Balaban J connectivity index is 0.810. The van der Waals surface area contributed by atoms with E-state index in [4.69, 9.17) is 20.9 Å². The molecule has 8 heteroatoms. The average Bonchev–Trinajstić information content (AvgIpc) is 4.14. The van der Waals surface area contributed by atoms with Gasteiger partial charge >= 0.3 is 6.49 Å². The Morgan fingerprint density at radius 2 is 1.07 bits per heavy atom. The van der Waals surface area contributed by atoms with Gasteiger partial charge in [0.25, 0.3) is 0 Å². The van der Waals surface area contributed by atoms with E-state index in [1.807, 2.05) is 30.3 Å².